The Morgan fingerprint density at radius 1 is 1.61 bits per heavy atom. The summed E-state index contributed by atoms with van der Waals surface area (Å²) in [6.45, 7) is 1.13. The van der Waals surface area contributed by atoms with Gasteiger partial charge in [0.2, 0.25) is 3.68 Å². The maximum absolute atomic E-state index is 14.0. The van der Waals surface area contributed by atoms with Crippen molar-refractivity contribution in [1.82, 2.24) is 10.2 Å². The lowest BCUT2D eigenvalue weighted by Crippen LogP contribution is -2.63. The van der Waals surface area contributed by atoms with Crippen molar-refractivity contribution in [3.05, 3.63) is 0 Å². The first kappa shape index (κ1) is 13.9. The molecule has 9 heteroatoms. The van der Waals surface area contributed by atoms with Crippen molar-refractivity contribution >= 4 is 34.5 Å². The molecule has 0 saturated carbocycles. The number of hydrogen-bond acceptors (Lipinski definition) is 5. The number of amides is 2. The molecule has 0 radical (unpaired) electrons. The van der Waals surface area contributed by atoms with Crippen LogP contribution in [0.1, 0.15) is 6.92 Å². The van der Waals surface area contributed by atoms with Crippen LogP contribution in [0.5, 0.6) is 0 Å². The predicted molar refractivity (Wildman–Crippen MR) is 67.2 cm³/mol. The van der Waals surface area contributed by atoms with Gasteiger partial charge in [0.1, 0.15) is 12.2 Å². The van der Waals surface area contributed by atoms with E-state index in [9.17, 15) is 19.4 Å². The van der Waals surface area contributed by atoms with Crippen molar-refractivity contribution in [2.45, 2.75) is 35.1 Å². The molecular formula is C9H13FIN3O4. The van der Waals surface area contributed by atoms with E-state index < -0.39 is 46.6 Å². The van der Waals surface area contributed by atoms with Crippen molar-refractivity contribution in [1.29, 1.82) is 5.41 Å². The predicted octanol–water partition coefficient (Wildman–Crippen LogP) is -0.444. The Bertz CT molecular complexity index is 394. The summed E-state index contributed by atoms with van der Waals surface area (Å²) in [5.74, 6) is -0.537. The standard InChI is InChI=1S/C9H13FIN3O4/c1-3-4(15)5(16)6(18-3)14-2-9(10,11)7(12)13-8(14)17/h3-6,15-16H,2H2,1H3,(H2,12,13,17)/t3-,4-,5-,6-,9?/m1/s1. The number of ether oxygens (including phenoxy) is 1. The molecule has 18 heavy (non-hydrogen) atoms. The molecule has 5 atom stereocenters. The highest BCUT2D eigenvalue weighted by Crippen LogP contribution is 2.31. The fraction of sp³-hybridized carbons (Fsp3) is 0.778. The van der Waals surface area contributed by atoms with Gasteiger partial charge in [0, 0.05) is 0 Å². The molecule has 0 bridgehead atoms. The minimum atomic E-state index is -2.06. The smallest absolute Gasteiger partial charge is 0.325 e. The summed E-state index contributed by atoms with van der Waals surface area (Å²) >= 11 is 1.40. The molecule has 0 aromatic heterocycles. The quantitative estimate of drug-likeness (QED) is 0.369. The zero-order valence-electron chi connectivity index (χ0n) is 9.43. The van der Waals surface area contributed by atoms with Crippen molar-refractivity contribution in [2.75, 3.05) is 6.54 Å². The number of aliphatic hydroxyl groups is 2. The van der Waals surface area contributed by atoms with Crippen LogP contribution in [0.2, 0.25) is 0 Å². The second-order valence-electron chi connectivity index (χ2n) is 4.35. The van der Waals surface area contributed by atoms with Gasteiger partial charge >= 0.3 is 6.03 Å². The normalized spacial score (nSPS) is 45.3. The van der Waals surface area contributed by atoms with E-state index in [-0.39, 0.29) is 0 Å². The molecule has 2 heterocycles. The largest absolute Gasteiger partial charge is 0.388 e. The highest BCUT2D eigenvalue weighted by atomic mass is 127. The molecule has 0 spiro atoms. The zero-order valence-corrected chi connectivity index (χ0v) is 11.6. The number of carbonyl (C=O) groups excluding carboxylic acids is 1. The molecule has 4 N–H and O–H groups in total. The van der Waals surface area contributed by atoms with Gasteiger partial charge in [-0.3, -0.25) is 15.6 Å². The van der Waals surface area contributed by atoms with Crippen molar-refractivity contribution in [2.24, 2.45) is 0 Å². The molecule has 2 aliphatic heterocycles. The lowest BCUT2D eigenvalue weighted by atomic mass is 10.1. The van der Waals surface area contributed by atoms with E-state index in [0.29, 0.717) is 0 Å². The summed E-state index contributed by atoms with van der Waals surface area (Å²) in [5, 5.41) is 28.7. The second kappa shape index (κ2) is 4.54. The summed E-state index contributed by atoms with van der Waals surface area (Å²) in [6.07, 6.45) is -4.20. The molecule has 2 saturated heterocycles. The van der Waals surface area contributed by atoms with Gasteiger partial charge in [0.25, 0.3) is 0 Å². The van der Waals surface area contributed by atoms with E-state index in [0.717, 1.165) is 4.90 Å². The Labute approximate surface area is 116 Å². The summed E-state index contributed by atoms with van der Waals surface area (Å²) < 4.78 is 17.2. The number of carbonyl (C=O) groups is 1. The van der Waals surface area contributed by atoms with Crippen LogP contribution in [0, 0.1) is 5.41 Å². The summed E-state index contributed by atoms with van der Waals surface area (Å²) in [6, 6.07) is -0.727. The second-order valence-corrected chi connectivity index (χ2v) is 6.06. The van der Waals surface area contributed by atoms with Gasteiger partial charge in [-0.05, 0) is 29.5 Å². The molecule has 1 unspecified atom stereocenters. The molecule has 0 aliphatic carbocycles. The lowest BCUT2D eigenvalue weighted by Gasteiger charge is -2.38. The number of hydrogen-bond donors (Lipinski definition) is 4. The molecule has 2 amide bonds. The van der Waals surface area contributed by atoms with Gasteiger partial charge in [0.05, 0.1) is 12.6 Å². The summed E-state index contributed by atoms with van der Waals surface area (Å²) in [4.78, 5) is 12.6. The van der Waals surface area contributed by atoms with E-state index in [1.165, 1.54) is 22.6 Å². The van der Waals surface area contributed by atoms with E-state index >= 15 is 0 Å². The Balaban J connectivity index is 2.18. The van der Waals surface area contributed by atoms with Gasteiger partial charge in [-0.15, -0.1) is 0 Å². The highest BCUT2D eigenvalue weighted by Gasteiger charge is 2.50. The highest BCUT2D eigenvalue weighted by molar-refractivity contribution is 14.1. The fourth-order valence-electron chi connectivity index (χ4n) is 1.93. The van der Waals surface area contributed by atoms with Crippen LogP contribution in [0.15, 0.2) is 0 Å². The average molecular weight is 373 g/mol. The van der Waals surface area contributed by atoms with Gasteiger partial charge in [0.15, 0.2) is 12.1 Å². The molecule has 2 fully saturated rings. The Morgan fingerprint density at radius 2 is 2.22 bits per heavy atom. The molecule has 102 valence electrons. The third-order valence-corrected chi connectivity index (χ3v) is 3.89. The number of rotatable bonds is 1. The van der Waals surface area contributed by atoms with E-state index in [4.69, 9.17) is 10.1 Å². The Kier molecular flexibility index (Phi) is 3.51. The minimum Gasteiger partial charge on any atom is -0.388 e. The number of amidine groups is 1. The first-order valence-corrected chi connectivity index (χ1v) is 6.38. The number of alkyl halides is 2. The van der Waals surface area contributed by atoms with Crippen LogP contribution in [-0.2, 0) is 4.74 Å². The zero-order chi connectivity index (χ0) is 13.7. The molecule has 7 nitrogen and oxygen atoms in total. The number of halogens is 2. The van der Waals surface area contributed by atoms with Crippen molar-refractivity contribution < 1.29 is 24.1 Å². The van der Waals surface area contributed by atoms with Crippen molar-refractivity contribution in [3.8, 4) is 0 Å². The maximum Gasteiger partial charge on any atom is 0.325 e. The molecule has 2 rings (SSSR count). The van der Waals surface area contributed by atoms with Crippen LogP contribution in [0.4, 0.5) is 9.18 Å². The molecular weight excluding hydrogens is 360 g/mol. The van der Waals surface area contributed by atoms with E-state index in [2.05, 4.69) is 5.32 Å². The first-order valence-electron chi connectivity index (χ1n) is 5.30. The fourth-order valence-corrected chi connectivity index (χ4v) is 2.43. The van der Waals surface area contributed by atoms with Crippen molar-refractivity contribution in [3.63, 3.8) is 0 Å². The van der Waals surface area contributed by atoms with E-state index in [1.807, 2.05) is 0 Å². The van der Waals surface area contributed by atoms with Crippen LogP contribution < -0.4 is 5.32 Å². The topological polar surface area (TPSA) is 106 Å². The van der Waals surface area contributed by atoms with Crippen LogP contribution >= 0.6 is 22.6 Å². The van der Waals surface area contributed by atoms with Crippen LogP contribution in [0.25, 0.3) is 0 Å². The maximum atomic E-state index is 14.0. The molecule has 0 aromatic rings. The first-order chi connectivity index (χ1) is 8.24. The SMILES string of the molecule is C[C@H]1O[C@@H](N2CC(F)(I)C(=N)NC2=O)[C@H](O)[C@@H]1O. The summed E-state index contributed by atoms with van der Waals surface area (Å²) in [7, 11) is 0. The van der Waals surface area contributed by atoms with Gasteiger partial charge in [-0.1, -0.05) is 0 Å². The number of aliphatic hydroxyl groups excluding tert-OH is 2. The van der Waals surface area contributed by atoms with E-state index in [1.54, 1.807) is 6.92 Å². The molecule has 2 aliphatic rings. The van der Waals surface area contributed by atoms with Gasteiger partial charge in [-0.25, -0.2) is 9.18 Å². The number of urea groups is 1. The van der Waals surface area contributed by atoms with Crippen LogP contribution in [0.3, 0.4) is 0 Å². The monoisotopic (exact) mass is 373 g/mol. The number of nitrogens with one attached hydrogen (secondary N) is 2. The lowest BCUT2D eigenvalue weighted by molar-refractivity contribution is -0.0714. The third-order valence-electron chi connectivity index (χ3n) is 3.01. The third kappa shape index (κ3) is 2.19. The molecule has 0 aromatic carbocycles. The number of nitrogens with zero attached hydrogens (tertiary/aromatic N) is 1. The minimum absolute atomic E-state index is 0.417. The van der Waals surface area contributed by atoms with Gasteiger partial charge < -0.3 is 14.9 Å². The van der Waals surface area contributed by atoms with Gasteiger partial charge in [-0.2, -0.15) is 0 Å². The Hall–Kier alpha value is -0.520. The average Bonchev–Trinajstić information content (AvgIpc) is 2.52. The van der Waals surface area contributed by atoms with Crippen LogP contribution in [-0.4, -0.2) is 61.7 Å². The summed E-state index contributed by atoms with van der Waals surface area (Å²) in [5.41, 5.74) is 0. The Morgan fingerprint density at radius 3 is 2.72 bits per heavy atom.